The molecule has 1 aromatic carbocycles. The van der Waals surface area contributed by atoms with Crippen molar-refractivity contribution in [3.8, 4) is 5.75 Å². The Balaban J connectivity index is 1.99. The highest BCUT2D eigenvalue weighted by Gasteiger charge is 2.32. The molecule has 0 aromatic heterocycles. The lowest BCUT2D eigenvalue weighted by molar-refractivity contribution is -0.274. The molecule has 3 nitrogen and oxygen atoms in total. The average molecular weight is 353 g/mol. The van der Waals surface area contributed by atoms with Crippen molar-refractivity contribution in [3.05, 3.63) is 28.2 Å². The summed E-state index contributed by atoms with van der Waals surface area (Å²) in [5, 5.41) is 3.23. The highest BCUT2D eigenvalue weighted by Crippen LogP contribution is 2.31. The maximum atomic E-state index is 12.2. The van der Waals surface area contributed by atoms with E-state index in [1.807, 2.05) is 7.05 Å². The number of alkyl halides is 3. The summed E-state index contributed by atoms with van der Waals surface area (Å²) in [5.41, 5.74) is 0.961. The number of halogens is 4. The van der Waals surface area contributed by atoms with Gasteiger partial charge in [0, 0.05) is 25.7 Å². The van der Waals surface area contributed by atoms with Gasteiger partial charge in [-0.05, 0) is 47.1 Å². The van der Waals surface area contributed by atoms with Crippen LogP contribution in [0.5, 0.6) is 5.75 Å². The Labute approximate surface area is 124 Å². The van der Waals surface area contributed by atoms with Crippen LogP contribution in [0.3, 0.4) is 0 Å². The SMILES string of the molecule is CNC1CCN(Cc2ccc(OC(F)(F)F)c(Br)c2)C1. The van der Waals surface area contributed by atoms with Crippen LogP contribution in [0.2, 0.25) is 0 Å². The summed E-state index contributed by atoms with van der Waals surface area (Å²) in [7, 11) is 1.94. The predicted octanol–water partition coefficient (Wildman–Crippen LogP) is 3.14. The molecule has 1 saturated heterocycles. The number of hydrogen-bond acceptors (Lipinski definition) is 3. The van der Waals surface area contributed by atoms with Crippen molar-refractivity contribution in [1.82, 2.24) is 10.2 Å². The zero-order valence-electron chi connectivity index (χ0n) is 11.0. The van der Waals surface area contributed by atoms with Gasteiger partial charge in [-0.3, -0.25) is 4.90 Å². The Bertz CT molecular complexity index is 467. The van der Waals surface area contributed by atoms with Gasteiger partial charge in [-0.15, -0.1) is 13.2 Å². The summed E-state index contributed by atoms with van der Waals surface area (Å²) in [6, 6.07) is 5.18. The van der Waals surface area contributed by atoms with Crippen molar-refractivity contribution in [1.29, 1.82) is 0 Å². The van der Waals surface area contributed by atoms with E-state index in [0.717, 1.165) is 31.6 Å². The van der Waals surface area contributed by atoms with E-state index in [2.05, 4.69) is 30.9 Å². The van der Waals surface area contributed by atoms with Gasteiger partial charge in [0.1, 0.15) is 5.75 Å². The number of ether oxygens (including phenoxy) is 1. The van der Waals surface area contributed by atoms with E-state index in [4.69, 9.17) is 0 Å². The molecule has 0 amide bonds. The minimum Gasteiger partial charge on any atom is -0.405 e. The average Bonchev–Trinajstić information content (AvgIpc) is 2.79. The topological polar surface area (TPSA) is 24.5 Å². The van der Waals surface area contributed by atoms with E-state index in [-0.39, 0.29) is 5.75 Å². The summed E-state index contributed by atoms with van der Waals surface area (Å²) in [4.78, 5) is 2.27. The molecule has 1 N–H and O–H groups in total. The third-order valence-electron chi connectivity index (χ3n) is 3.31. The van der Waals surface area contributed by atoms with E-state index in [1.165, 1.54) is 6.07 Å². The number of hydrogen-bond donors (Lipinski definition) is 1. The van der Waals surface area contributed by atoms with Gasteiger partial charge in [-0.1, -0.05) is 6.07 Å². The monoisotopic (exact) mass is 352 g/mol. The Kier molecular flexibility index (Phi) is 4.93. The fourth-order valence-corrected chi connectivity index (χ4v) is 2.83. The summed E-state index contributed by atoms with van der Waals surface area (Å²) in [5.74, 6) is -0.212. The summed E-state index contributed by atoms with van der Waals surface area (Å²) in [6.45, 7) is 2.67. The molecule has 0 bridgehead atoms. The lowest BCUT2D eigenvalue weighted by atomic mass is 10.2. The highest BCUT2D eigenvalue weighted by atomic mass is 79.9. The summed E-state index contributed by atoms with van der Waals surface area (Å²) in [6.07, 6.45) is -3.58. The van der Waals surface area contributed by atoms with Crippen molar-refractivity contribution >= 4 is 15.9 Å². The first kappa shape index (κ1) is 15.6. The maximum absolute atomic E-state index is 12.2. The number of likely N-dealkylation sites (tertiary alicyclic amines) is 1. The van der Waals surface area contributed by atoms with E-state index >= 15 is 0 Å². The Morgan fingerprint density at radius 3 is 2.75 bits per heavy atom. The van der Waals surface area contributed by atoms with Gasteiger partial charge in [0.05, 0.1) is 4.47 Å². The number of nitrogens with zero attached hydrogens (tertiary/aromatic N) is 1. The smallest absolute Gasteiger partial charge is 0.405 e. The Morgan fingerprint density at radius 1 is 1.45 bits per heavy atom. The van der Waals surface area contributed by atoms with E-state index in [9.17, 15) is 13.2 Å². The van der Waals surface area contributed by atoms with E-state index in [1.54, 1.807) is 12.1 Å². The van der Waals surface area contributed by atoms with Crippen LogP contribution in [-0.2, 0) is 6.54 Å². The normalized spacial score (nSPS) is 20.4. The van der Waals surface area contributed by atoms with Crippen molar-refractivity contribution in [2.75, 3.05) is 20.1 Å². The van der Waals surface area contributed by atoms with Crippen LogP contribution in [0.4, 0.5) is 13.2 Å². The number of benzene rings is 1. The second-order valence-electron chi connectivity index (χ2n) is 4.82. The Hall–Kier alpha value is -0.790. The minimum absolute atomic E-state index is 0.212. The van der Waals surface area contributed by atoms with Gasteiger partial charge >= 0.3 is 6.36 Å². The summed E-state index contributed by atoms with van der Waals surface area (Å²) < 4.78 is 40.8. The van der Waals surface area contributed by atoms with Crippen LogP contribution in [0.25, 0.3) is 0 Å². The van der Waals surface area contributed by atoms with E-state index < -0.39 is 6.36 Å². The van der Waals surface area contributed by atoms with Gasteiger partial charge < -0.3 is 10.1 Å². The molecule has 0 radical (unpaired) electrons. The molecule has 1 unspecified atom stereocenters. The van der Waals surface area contributed by atoms with Crippen LogP contribution in [-0.4, -0.2) is 37.4 Å². The van der Waals surface area contributed by atoms with Crippen molar-refractivity contribution < 1.29 is 17.9 Å². The van der Waals surface area contributed by atoms with Gasteiger partial charge in [0.15, 0.2) is 0 Å². The quantitative estimate of drug-likeness (QED) is 0.900. The largest absolute Gasteiger partial charge is 0.573 e. The first-order valence-corrected chi connectivity index (χ1v) is 7.10. The van der Waals surface area contributed by atoms with Gasteiger partial charge in [0.2, 0.25) is 0 Å². The van der Waals surface area contributed by atoms with Crippen LogP contribution < -0.4 is 10.1 Å². The maximum Gasteiger partial charge on any atom is 0.573 e. The molecular formula is C13H16BrF3N2O. The second-order valence-corrected chi connectivity index (χ2v) is 5.68. The van der Waals surface area contributed by atoms with Gasteiger partial charge in [-0.25, -0.2) is 0 Å². The van der Waals surface area contributed by atoms with Crippen molar-refractivity contribution in [2.24, 2.45) is 0 Å². The standard InChI is InChI=1S/C13H16BrF3N2O/c1-18-10-4-5-19(8-10)7-9-2-3-12(11(14)6-9)20-13(15,16)17/h2-3,6,10,18H,4-5,7-8H2,1H3. The molecular weight excluding hydrogens is 337 g/mol. The second kappa shape index (κ2) is 6.32. The van der Waals surface area contributed by atoms with E-state index in [0.29, 0.717) is 10.5 Å². The fourth-order valence-electron chi connectivity index (χ4n) is 2.32. The first-order chi connectivity index (χ1) is 9.37. The summed E-state index contributed by atoms with van der Waals surface area (Å²) >= 11 is 3.12. The third-order valence-corrected chi connectivity index (χ3v) is 3.93. The van der Waals surface area contributed by atoms with Crippen LogP contribution in [0.15, 0.2) is 22.7 Å². The van der Waals surface area contributed by atoms with Crippen LogP contribution >= 0.6 is 15.9 Å². The van der Waals surface area contributed by atoms with Crippen LogP contribution in [0, 0.1) is 0 Å². The molecule has 0 spiro atoms. The molecule has 7 heteroatoms. The molecule has 1 aromatic rings. The lowest BCUT2D eigenvalue weighted by Crippen LogP contribution is -2.29. The molecule has 1 aliphatic rings. The molecule has 1 atom stereocenters. The predicted molar refractivity (Wildman–Crippen MR) is 73.6 cm³/mol. The molecule has 0 aliphatic carbocycles. The minimum atomic E-state index is -4.67. The number of rotatable bonds is 4. The first-order valence-electron chi connectivity index (χ1n) is 6.31. The molecule has 1 aliphatic heterocycles. The third kappa shape index (κ3) is 4.36. The van der Waals surface area contributed by atoms with Crippen molar-refractivity contribution in [3.63, 3.8) is 0 Å². The van der Waals surface area contributed by atoms with Gasteiger partial charge in [-0.2, -0.15) is 0 Å². The molecule has 0 saturated carbocycles. The molecule has 1 heterocycles. The molecule has 1 fully saturated rings. The highest BCUT2D eigenvalue weighted by molar-refractivity contribution is 9.10. The molecule has 2 rings (SSSR count). The zero-order valence-corrected chi connectivity index (χ0v) is 12.6. The molecule has 112 valence electrons. The lowest BCUT2D eigenvalue weighted by Gasteiger charge is -2.17. The number of nitrogens with one attached hydrogen (secondary N) is 1. The zero-order chi connectivity index (χ0) is 14.8. The Morgan fingerprint density at radius 2 is 2.20 bits per heavy atom. The van der Waals surface area contributed by atoms with Gasteiger partial charge in [0.25, 0.3) is 0 Å². The fraction of sp³-hybridized carbons (Fsp3) is 0.538. The van der Waals surface area contributed by atoms with Crippen molar-refractivity contribution in [2.45, 2.75) is 25.4 Å². The van der Waals surface area contributed by atoms with Crippen LogP contribution in [0.1, 0.15) is 12.0 Å². The number of likely N-dealkylation sites (N-methyl/N-ethyl adjacent to an activating group) is 1. The molecule has 20 heavy (non-hydrogen) atoms.